The molecule has 0 N–H and O–H groups in total. The fourth-order valence-electron chi connectivity index (χ4n) is 5.91. The Labute approximate surface area is 178 Å². The minimum Gasteiger partial charge on any atom is -0.343 e. The summed E-state index contributed by atoms with van der Waals surface area (Å²) in [6.07, 6.45) is 3.32. The van der Waals surface area contributed by atoms with Gasteiger partial charge in [-0.15, -0.1) is 0 Å². The summed E-state index contributed by atoms with van der Waals surface area (Å²) >= 11 is 0. The molecular weight excluding hydrogens is 374 g/mol. The van der Waals surface area contributed by atoms with E-state index >= 15 is 0 Å². The van der Waals surface area contributed by atoms with Crippen LogP contribution in [-0.2, 0) is 11.3 Å². The number of fused-ring (bicyclic) bond motifs is 4. The summed E-state index contributed by atoms with van der Waals surface area (Å²) in [5.41, 5.74) is 4.39. The number of pyridine rings is 1. The number of aryl methyl sites for hydroxylation is 1. The summed E-state index contributed by atoms with van der Waals surface area (Å²) in [6.45, 7) is 8.43. The van der Waals surface area contributed by atoms with E-state index in [0.29, 0.717) is 17.9 Å². The maximum absolute atomic E-state index is 13.4. The van der Waals surface area contributed by atoms with E-state index in [4.69, 9.17) is 0 Å². The van der Waals surface area contributed by atoms with Crippen LogP contribution in [-0.4, -0.2) is 52.5 Å². The predicted octanol–water partition coefficient (Wildman–Crippen LogP) is 3.25. The Kier molecular flexibility index (Phi) is 5.02. The quantitative estimate of drug-likeness (QED) is 0.771. The van der Waals surface area contributed by atoms with Crippen molar-refractivity contribution < 1.29 is 4.79 Å². The molecule has 2 fully saturated rings. The number of piperidine rings is 2. The van der Waals surface area contributed by atoms with Crippen LogP contribution in [0.5, 0.6) is 0 Å². The highest BCUT2D eigenvalue weighted by Gasteiger charge is 2.38. The SMILES string of the molecule is CC(=O)N1CCC(N2C[C@@H]3C[C@H](C2)c2ccc(-c4ccccc4C)c(=O)n2C3)CC1. The van der Waals surface area contributed by atoms with Gasteiger partial charge in [-0.2, -0.15) is 0 Å². The van der Waals surface area contributed by atoms with Crippen molar-refractivity contribution in [3.05, 3.63) is 58.0 Å². The van der Waals surface area contributed by atoms with E-state index in [0.717, 1.165) is 62.3 Å². The number of hydrogen-bond donors (Lipinski definition) is 0. The van der Waals surface area contributed by atoms with Crippen molar-refractivity contribution in [2.45, 2.75) is 51.6 Å². The van der Waals surface area contributed by atoms with Crippen LogP contribution in [0.4, 0.5) is 0 Å². The lowest BCUT2D eigenvalue weighted by molar-refractivity contribution is -0.130. The molecule has 3 aliphatic rings. The zero-order valence-electron chi connectivity index (χ0n) is 18.0. The fraction of sp³-hybridized carbons (Fsp3) is 0.520. The van der Waals surface area contributed by atoms with Crippen LogP contribution in [0.15, 0.2) is 41.2 Å². The average Bonchev–Trinajstić information content (AvgIpc) is 2.75. The third kappa shape index (κ3) is 3.39. The van der Waals surface area contributed by atoms with Gasteiger partial charge in [0.2, 0.25) is 5.91 Å². The lowest BCUT2D eigenvalue weighted by atomic mass is 9.81. The largest absolute Gasteiger partial charge is 0.343 e. The van der Waals surface area contributed by atoms with Gasteiger partial charge in [0.25, 0.3) is 5.56 Å². The standard InChI is InChI=1S/C25H31N3O2/c1-17-5-3-4-6-22(17)23-7-8-24-20-13-19(15-28(24)25(23)30)14-27(16-20)21-9-11-26(12-10-21)18(2)29/h3-8,19-21H,9-16H2,1-2H3/t19-,20+/m0/s1. The molecule has 5 heteroatoms. The minimum absolute atomic E-state index is 0.166. The van der Waals surface area contributed by atoms with E-state index < -0.39 is 0 Å². The van der Waals surface area contributed by atoms with Crippen molar-refractivity contribution in [2.75, 3.05) is 26.2 Å². The summed E-state index contributed by atoms with van der Waals surface area (Å²) in [5.74, 6) is 1.16. The number of nitrogens with zero attached hydrogens (tertiary/aromatic N) is 3. The second-order valence-electron chi connectivity index (χ2n) is 9.39. The number of carbonyl (C=O) groups is 1. The van der Waals surface area contributed by atoms with Crippen LogP contribution >= 0.6 is 0 Å². The molecule has 2 atom stereocenters. The van der Waals surface area contributed by atoms with E-state index in [1.54, 1.807) is 6.92 Å². The van der Waals surface area contributed by atoms with E-state index in [1.165, 1.54) is 12.1 Å². The predicted molar refractivity (Wildman–Crippen MR) is 119 cm³/mol. The summed E-state index contributed by atoms with van der Waals surface area (Å²) in [7, 11) is 0. The van der Waals surface area contributed by atoms with Crippen LogP contribution in [0.3, 0.4) is 0 Å². The second kappa shape index (κ2) is 7.69. The Bertz CT molecular complexity index is 1020. The number of rotatable bonds is 2. The monoisotopic (exact) mass is 405 g/mol. The fourth-order valence-corrected chi connectivity index (χ4v) is 5.91. The number of amides is 1. The van der Waals surface area contributed by atoms with Gasteiger partial charge in [-0.05, 0) is 55.4 Å². The normalized spacial score (nSPS) is 24.5. The Morgan fingerprint density at radius 2 is 1.73 bits per heavy atom. The topological polar surface area (TPSA) is 45.6 Å². The molecule has 1 aromatic heterocycles. The maximum atomic E-state index is 13.4. The number of aromatic nitrogens is 1. The molecule has 2 bridgehead atoms. The van der Waals surface area contributed by atoms with Crippen LogP contribution in [0.25, 0.3) is 11.1 Å². The van der Waals surface area contributed by atoms with Crippen molar-refractivity contribution in [3.63, 3.8) is 0 Å². The van der Waals surface area contributed by atoms with Crippen molar-refractivity contribution in [2.24, 2.45) is 5.92 Å². The van der Waals surface area contributed by atoms with Gasteiger partial charge in [-0.1, -0.05) is 24.3 Å². The highest BCUT2D eigenvalue weighted by molar-refractivity contribution is 5.73. The molecule has 2 aromatic rings. The number of carbonyl (C=O) groups excluding carboxylic acids is 1. The van der Waals surface area contributed by atoms with E-state index in [1.807, 2.05) is 23.1 Å². The highest BCUT2D eigenvalue weighted by Crippen LogP contribution is 2.37. The van der Waals surface area contributed by atoms with E-state index in [-0.39, 0.29) is 11.5 Å². The lowest BCUT2D eigenvalue weighted by Crippen LogP contribution is -2.53. The Morgan fingerprint density at radius 1 is 0.967 bits per heavy atom. The van der Waals surface area contributed by atoms with Gasteiger partial charge in [-0.25, -0.2) is 0 Å². The zero-order chi connectivity index (χ0) is 20.8. The van der Waals surface area contributed by atoms with Crippen molar-refractivity contribution in [3.8, 4) is 11.1 Å². The third-order valence-electron chi connectivity index (χ3n) is 7.49. The minimum atomic E-state index is 0.166. The van der Waals surface area contributed by atoms with Crippen molar-refractivity contribution in [1.82, 2.24) is 14.4 Å². The van der Waals surface area contributed by atoms with Gasteiger partial charge in [0, 0.05) is 62.9 Å². The molecule has 0 radical (unpaired) electrons. The Hall–Kier alpha value is -2.40. The lowest BCUT2D eigenvalue weighted by Gasteiger charge is -2.47. The first kappa shape index (κ1) is 19.6. The van der Waals surface area contributed by atoms with Crippen molar-refractivity contribution in [1.29, 1.82) is 0 Å². The smallest absolute Gasteiger partial charge is 0.258 e. The molecule has 4 heterocycles. The van der Waals surface area contributed by atoms with Crippen LogP contribution in [0.1, 0.15) is 43.4 Å². The molecule has 0 spiro atoms. The molecule has 0 unspecified atom stereocenters. The van der Waals surface area contributed by atoms with Gasteiger partial charge in [0.1, 0.15) is 0 Å². The zero-order valence-corrected chi connectivity index (χ0v) is 18.0. The highest BCUT2D eigenvalue weighted by atomic mass is 16.2. The molecule has 1 aromatic carbocycles. The molecule has 1 amide bonds. The van der Waals surface area contributed by atoms with Gasteiger partial charge in [-0.3, -0.25) is 14.5 Å². The first-order chi connectivity index (χ1) is 14.5. The van der Waals surface area contributed by atoms with E-state index in [2.05, 4.69) is 34.6 Å². The van der Waals surface area contributed by atoms with E-state index in [9.17, 15) is 9.59 Å². The van der Waals surface area contributed by atoms with Crippen LogP contribution < -0.4 is 5.56 Å². The summed E-state index contributed by atoms with van der Waals surface area (Å²) in [5, 5.41) is 0. The molecule has 0 saturated carbocycles. The number of hydrogen-bond acceptors (Lipinski definition) is 3. The number of benzene rings is 1. The maximum Gasteiger partial charge on any atom is 0.258 e. The summed E-state index contributed by atoms with van der Waals surface area (Å²) in [6, 6.07) is 13.0. The third-order valence-corrected chi connectivity index (χ3v) is 7.49. The molecule has 5 nitrogen and oxygen atoms in total. The van der Waals surface area contributed by atoms with Gasteiger partial charge in [0.15, 0.2) is 0 Å². The molecule has 30 heavy (non-hydrogen) atoms. The Balaban J connectivity index is 1.39. The molecule has 0 aliphatic carbocycles. The molecule has 2 saturated heterocycles. The molecule has 5 rings (SSSR count). The van der Waals surface area contributed by atoms with Crippen molar-refractivity contribution >= 4 is 5.91 Å². The summed E-state index contributed by atoms with van der Waals surface area (Å²) < 4.78 is 2.07. The molecular formula is C25H31N3O2. The van der Waals surface area contributed by atoms with Crippen LogP contribution in [0, 0.1) is 12.8 Å². The summed E-state index contributed by atoms with van der Waals surface area (Å²) in [4.78, 5) is 29.7. The Morgan fingerprint density at radius 3 is 2.47 bits per heavy atom. The van der Waals surface area contributed by atoms with Crippen LogP contribution in [0.2, 0.25) is 0 Å². The molecule has 3 aliphatic heterocycles. The van der Waals surface area contributed by atoms with Gasteiger partial charge >= 0.3 is 0 Å². The number of likely N-dealkylation sites (tertiary alicyclic amines) is 2. The van der Waals surface area contributed by atoms with Gasteiger partial charge < -0.3 is 9.47 Å². The first-order valence-electron chi connectivity index (χ1n) is 11.3. The van der Waals surface area contributed by atoms with Gasteiger partial charge in [0.05, 0.1) is 0 Å². The molecule has 158 valence electrons. The first-order valence-corrected chi connectivity index (χ1v) is 11.3. The average molecular weight is 406 g/mol. The second-order valence-corrected chi connectivity index (χ2v) is 9.39.